The topological polar surface area (TPSA) is 84.2 Å². The van der Waals surface area contributed by atoms with E-state index in [9.17, 15) is 9.59 Å². The lowest BCUT2D eigenvalue weighted by Gasteiger charge is -2.30. The lowest BCUT2D eigenvalue weighted by Crippen LogP contribution is -2.53. The first kappa shape index (κ1) is 17.9. The average Bonchev–Trinajstić information content (AvgIpc) is 3.31. The summed E-state index contributed by atoms with van der Waals surface area (Å²) in [7, 11) is 0. The van der Waals surface area contributed by atoms with Crippen molar-refractivity contribution in [2.45, 2.75) is 44.7 Å². The zero-order chi connectivity index (χ0) is 17.0. The number of carbonyl (C=O) groups excluding carboxylic acids is 2. The quantitative estimate of drug-likeness (QED) is 0.677. The molecular weight excluding hydrogens is 358 g/mol. The van der Waals surface area contributed by atoms with E-state index in [2.05, 4.69) is 26.6 Å². The van der Waals surface area contributed by atoms with E-state index in [1.165, 1.54) is 6.92 Å². The van der Waals surface area contributed by atoms with Gasteiger partial charge < -0.3 is 16.4 Å². The standard InChI is InChI=1S/C17H24BrN3O2/c1-11(22)20-15(12-3-7-14(18)8-4-12)9-16(23)21-17(2,10-19)13-5-6-13/h3-4,7-8,13,15H,5-6,9-10,19H2,1-2H3,(H,20,22)(H,21,23). The van der Waals surface area contributed by atoms with Crippen LogP contribution in [0.4, 0.5) is 0 Å². The number of nitrogens with one attached hydrogen (secondary N) is 2. The number of nitrogens with two attached hydrogens (primary N) is 1. The maximum atomic E-state index is 12.5. The zero-order valence-electron chi connectivity index (χ0n) is 13.6. The molecule has 1 aliphatic carbocycles. The molecule has 0 radical (unpaired) electrons. The monoisotopic (exact) mass is 381 g/mol. The summed E-state index contributed by atoms with van der Waals surface area (Å²) in [5.74, 6) is 0.212. The van der Waals surface area contributed by atoms with Crippen molar-refractivity contribution in [1.82, 2.24) is 10.6 Å². The van der Waals surface area contributed by atoms with Crippen molar-refractivity contribution in [3.63, 3.8) is 0 Å². The molecule has 0 aromatic heterocycles. The van der Waals surface area contributed by atoms with Crippen LogP contribution in [-0.4, -0.2) is 23.9 Å². The van der Waals surface area contributed by atoms with Crippen molar-refractivity contribution in [2.24, 2.45) is 11.7 Å². The van der Waals surface area contributed by atoms with Gasteiger partial charge in [-0.15, -0.1) is 0 Å². The van der Waals surface area contributed by atoms with Gasteiger partial charge in [0.05, 0.1) is 18.0 Å². The first-order valence-corrected chi connectivity index (χ1v) is 8.67. The fraction of sp³-hybridized carbons (Fsp3) is 0.529. The van der Waals surface area contributed by atoms with E-state index >= 15 is 0 Å². The molecule has 1 aromatic rings. The lowest BCUT2D eigenvalue weighted by atomic mass is 9.95. The Morgan fingerprint density at radius 3 is 2.43 bits per heavy atom. The number of halogens is 1. The molecule has 126 valence electrons. The van der Waals surface area contributed by atoms with Crippen molar-refractivity contribution in [2.75, 3.05) is 6.54 Å². The molecule has 0 spiro atoms. The van der Waals surface area contributed by atoms with Crippen molar-refractivity contribution in [1.29, 1.82) is 0 Å². The highest BCUT2D eigenvalue weighted by Crippen LogP contribution is 2.39. The van der Waals surface area contributed by atoms with Gasteiger partial charge in [0.1, 0.15) is 0 Å². The van der Waals surface area contributed by atoms with E-state index in [0.29, 0.717) is 12.5 Å². The Labute approximate surface area is 145 Å². The van der Waals surface area contributed by atoms with Gasteiger partial charge in [0.15, 0.2) is 0 Å². The van der Waals surface area contributed by atoms with Crippen LogP contribution in [0.3, 0.4) is 0 Å². The average molecular weight is 382 g/mol. The number of amides is 2. The minimum Gasteiger partial charge on any atom is -0.349 e. The Bertz CT molecular complexity index is 572. The van der Waals surface area contributed by atoms with Crippen LogP contribution in [0, 0.1) is 5.92 Å². The fourth-order valence-electron chi connectivity index (χ4n) is 2.79. The van der Waals surface area contributed by atoms with Crippen LogP contribution >= 0.6 is 15.9 Å². The summed E-state index contributed by atoms with van der Waals surface area (Å²) in [6, 6.07) is 7.26. The molecule has 1 aromatic carbocycles. The normalized spacial score (nSPS) is 17.9. The fourth-order valence-corrected chi connectivity index (χ4v) is 3.05. The molecule has 2 rings (SSSR count). The second-order valence-corrected chi connectivity index (χ2v) is 7.37. The van der Waals surface area contributed by atoms with E-state index in [0.717, 1.165) is 22.9 Å². The molecule has 6 heteroatoms. The molecule has 1 saturated carbocycles. The number of hydrogen-bond acceptors (Lipinski definition) is 3. The Hall–Kier alpha value is -1.40. The molecule has 2 unspecified atom stereocenters. The van der Waals surface area contributed by atoms with Gasteiger partial charge in [-0.2, -0.15) is 0 Å². The molecule has 1 fully saturated rings. The largest absolute Gasteiger partial charge is 0.349 e. The molecule has 2 atom stereocenters. The minimum atomic E-state index is -0.350. The van der Waals surface area contributed by atoms with E-state index in [1.54, 1.807) is 0 Å². The van der Waals surface area contributed by atoms with Crippen molar-refractivity contribution < 1.29 is 9.59 Å². The Morgan fingerprint density at radius 2 is 1.96 bits per heavy atom. The lowest BCUT2D eigenvalue weighted by molar-refractivity contribution is -0.124. The summed E-state index contributed by atoms with van der Waals surface area (Å²) in [6.45, 7) is 3.88. The third-order valence-electron chi connectivity index (χ3n) is 4.37. The number of hydrogen-bond donors (Lipinski definition) is 3. The third-order valence-corrected chi connectivity index (χ3v) is 4.90. The van der Waals surface area contributed by atoms with E-state index in [-0.39, 0.29) is 29.8 Å². The molecule has 0 bridgehead atoms. The summed E-state index contributed by atoms with van der Waals surface area (Å²) >= 11 is 3.39. The third kappa shape index (κ3) is 5.04. The summed E-state index contributed by atoms with van der Waals surface area (Å²) in [5, 5.41) is 5.91. The first-order valence-electron chi connectivity index (χ1n) is 7.87. The molecule has 5 nitrogen and oxygen atoms in total. The SMILES string of the molecule is CC(=O)NC(CC(=O)NC(C)(CN)C1CC1)c1ccc(Br)cc1. The Kier molecular flexibility index (Phi) is 5.81. The van der Waals surface area contributed by atoms with Crippen molar-refractivity contribution >= 4 is 27.7 Å². The van der Waals surface area contributed by atoms with Gasteiger partial charge in [0, 0.05) is 17.9 Å². The van der Waals surface area contributed by atoms with Gasteiger partial charge in [-0.3, -0.25) is 9.59 Å². The van der Waals surface area contributed by atoms with E-state index in [1.807, 2.05) is 31.2 Å². The van der Waals surface area contributed by atoms with E-state index in [4.69, 9.17) is 5.73 Å². The highest BCUT2D eigenvalue weighted by Gasteiger charge is 2.41. The summed E-state index contributed by atoms with van der Waals surface area (Å²) < 4.78 is 0.955. The minimum absolute atomic E-state index is 0.0912. The van der Waals surface area contributed by atoms with Gasteiger partial charge in [0.25, 0.3) is 0 Å². The van der Waals surface area contributed by atoms with E-state index < -0.39 is 0 Å². The van der Waals surface area contributed by atoms with Crippen LogP contribution in [0.25, 0.3) is 0 Å². The highest BCUT2D eigenvalue weighted by molar-refractivity contribution is 9.10. The smallest absolute Gasteiger partial charge is 0.222 e. The van der Waals surface area contributed by atoms with Crippen LogP contribution in [0.5, 0.6) is 0 Å². The predicted octanol–water partition coefficient (Wildman–Crippen LogP) is 2.26. The van der Waals surface area contributed by atoms with Gasteiger partial charge in [0.2, 0.25) is 11.8 Å². The molecule has 0 saturated heterocycles. The molecule has 2 amide bonds. The maximum absolute atomic E-state index is 12.5. The van der Waals surface area contributed by atoms with Gasteiger partial charge >= 0.3 is 0 Å². The summed E-state index contributed by atoms with van der Waals surface area (Å²) in [4.78, 5) is 23.9. The van der Waals surface area contributed by atoms with Crippen LogP contribution in [0.1, 0.15) is 44.7 Å². The molecule has 23 heavy (non-hydrogen) atoms. The van der Waals surface area contributed by atoms with Crippen LogP contribution in [0.2, 0.25) is 0 Å². The van der Waals surface area contributed by atoms with Crippen molar-refractivity contribution in [3.8, 4) is 0 Å². The Morgan fingerprint density at radius 1 is 1.35 bits per heavy atom. The number of benzene rings is 1. The summed E-state index contributed by atoms with van der Waals surface area (Å²) in [6.07, 6.45) is 2.41. The number of carbonyl (C=O) groups is 2. The summed E-state index contributed by atoms with van der Waals surface area (Å²) in [5.41, 5.74) is 6.40. The molecule has 0 aliphatic heterocycles. The first-order chi connectivity index (χ1) is 10.8. The highest BCUT2D eigenvalue weighted by atomic mass is 79.9. The predicted molar refractivity (Wildman–Crippen MR) is 93.6 cm³/mol. The van der Waals surface area contributed by atoms with Crippen LogP contribution < -0.4 is 16.4 Å². The second kappa shape index (κ2) is 7.45. The molecular formula is C17H24BrN3O2. The molecule has 1 aliphatic rings. The van der Waals surface area contributed by atoms with Gasteiger partial charge in [-0.25, -0.2) is 0 Å². The number of rotatable bonds is 7. The zero-order valence-corrected chi connectivity index (χ0v) is 15.2. The van der Waals surface area contributed by atoms with Crippen molar-refractivity contribution in [3.05, 3.63) is 34.3 Å². The van der Waals surface area contributed by atoms with Crippen LogP contribution in [0.15, 0.2) is 28.7 Å². The Balaban J connectivity index is 2.06. The maximum Gasteiger partial charge on any atom is 0.222 e. The van der Waals surface area contributed by atoms with Crippen LogP contribution in [-0.2, 0) is 9.59 Å². The van der Waals surface area contributed by atoms with Gasteiger partial charge in [-0.05, 0) is 43.4 Å². The molecule has 4 N–H and O–H groups in total. The second-order valence-electron chi connectivity index (χ2n) is 6.45. The van der Waals surface area contributed by atoms with Gasteiger partial charge in [-0.1, -0.05) is 28.1 Å². The molecule has 0 heterocycles.